The average molecular weight is 536 g/mol. The topological polar surface area (TPSA) is 89.0 Å². The van der Waals surface area contributed by atoms with Crippen molar-refractivity contribution in [2.75, 3.05) is 12.4 Å². The lowest BCUT2D eigenvalue weighted by molar-refractivity contribution is -0.136. The van der Waals surface area contributed by atoms with Crippen LogP contribution in [-0.2, 0) is 16.2 Å². The highest BCUT2D eigenvalue weighted by molar-refractivity contribution is 6.43. The van der Waals surface area contributed by atoms with Crippen LogP contribution in [0.5, 0.6) is 11.5 Å². The number of fused-ring (bicyclic) bond motifs is 1. The van der Waals surface area contributed by atoms with Gasteiger partial charge in [-0.15, -0.1) is 0 Å². The largest absolute Gasteiger partial charge is 0.493 e. The zero-order valence-electron chi connectivity index (χ0n) is 20.0. The van der Waals surface area contributed by atoms with Crippen LogP contribution in [-0.4, -0.2) is 24.6 Å². The Morgan fingerprint density at radius 3 is 2.43 bits per heavy atom. The molecule has 4 aromatic rings. The van der Waals surface area contributed by atoms with Crippen LogP contribution >= 0.6 is 23.2 Å². The Bertz CT molecular complexity index is 1500. The standard InChI is InChI=1S/C28H23Cl2N3O4/c1-17(32-33-28(35)27(34)31-21-11-12-23(29)24(30)15-21)19-10-13-25(26(14-19)36-2)37-16-20-8-5-7-18-6-3-4-9-22(18)20/h3-15H,16H2,1-2H3,(H,31,34)(H,33,35). The number of nitrogens with one attached hydrogen (secondary N) is 2. The maximum atomic E-state index is 12.2. The van der Waals surface area contributed by atoms with Crippen LogP contribution < -0.4 is 20.2 Å². The first kappa shape index (κ1) is 26.0. The van der Waals surface area contributed by atoms with Crippen molar-refractivity contribution in [1.82, 2.24) is 5.43 Å². The number of hydrogen-bond donors (Lipinski definition) is 2. The van der Waals surface area contributed by atoms with E-state index in [1.165, 1.54) is 18.2 Å². The van der Waals surface area contributed by atoms with E-state index < -0.39 is 11.8 Å². The van der Waals surface area contributed by atoms with E-state index in [1.807, 2.05) is 24.3 Å². The minimum Gasteiger partial charge on any atom is -0.493 e. The number of nitrogens with zero attached hydrogens (tertiary/aromatic N) is 1. The Morgan fingerprint density at radius 1 is 0.865 bits per heavy atom. The molecule has 0 aromatic heterocycles. The van der Waals surface area contributed by atoms with Gasteiger partial charge in [0.25, 0.3) is 0 Å². The average Bonchev–Trinajstić information content (AvgIpc) is 2.92. The normalized spacial score (nSPS) is 11.2. The predicted molar refractivity (Wildman–Crippen MR) is 147 cm³/mol. The van der Waals surface area contributed by atoms with E-state index in [9.17, 15) is 9.59 Å². The maximum Gasteiger partial charge on any atom is 0.329 e. The molecule has 4 rings (SSSR count). The lowest BCUT2D eigenvalue weighted by atomic mass is 10.1. The number of rotatable bonds is 7. The second-order valence-electron chi connectivity index (χ2n) is 8.01. The third kappa shape index (κ3) is 6.39. The lowest BCUT2D eigenvalue weighted by Gasteiger charge is -2.13. The molecule has 0 aliphatic heterocycles. The lowest BCUT2D eigenvalue weighted by Crippen LogP contribution is -2.32. The Labute approximate surface area is 224 Å². The van der Waals surface area contributed by atoms with E-state index in [0.29, 0.717) is 40.1 Å². The van der Waals surface area contributed by atoms with E-state index in [0.717, 1.165) is 16.3 Å². The van der Waals surface area contributed by atoms with Crippen LogP contribution in [0.25, 0.3) is 10.8 Å². The fourth-order valence-corrected chi connectivity index (χ4v) is 3.90. The van der Waals surface area contributed by atoms with Crippen LogP contribution in [0.4, 0.5) is 5.69 Å². The number of anilines is 1. The van der Waals surface area contributed by atoms with E-state index in [1.54, 1.807) is 32.2 Å². The summed E-state index contributed by atoms with van der Waals surface area (Å²) in [5, 5.41) is 9.34. The van der Waals surface area contributed by atoms with Gasteiger partial charge in [-0.25, -0.2) is 5.43 Å². The van der Waals surface area contributed by atoms with E-state index in [4.69, 9.17) is 32.7 Å². The third-order valence-corrected chi connectivity index (χ3v) is 6.29. The molecular weight excluding hydrogens is 513 g/mol. The van der Waals surface area contributed by atoms with Gasteiger partial charge in [0.2, 0.25) is 0 Å². The summed E-state index contributed by atoms with van der Waals surface area (Å²) in [6, 6.07) is 24.0. The molecule has 0 aliphatic carbocycles. The third-order valence-electron chi connectivity index (χ3n) is 5.55. The number of benzene rings is 4. The highest BCUT2D eigenvalue weighted by Crippen LogP contribution is 2.30. The molecule has 0 saturated carbocycles. The second-order valence-corrected chi connectivity index (χ2v) is 8.83. The number of methoxy groups -OCH3 is 1. The van der Waals surface area contributed by atoms with Crippen molar-refractivity contribution in [1.29, 1.82) is 0 Å². The molecule has 0 fully saturated rings. The fourth-order valence-electron chi connectivity index (χ4n) is 3.60. The molecule has 0 spiro atoms. The van der Waals surface area contributed by atoms with Gasteiger partial charge in [0.05, 0.1) is 22.9 Å². The summed E-state index contributed by atoms with van der Waals surface area (Å²) in [5.41, 5.74) is 4.79. The van der Waals surface area contributed by atoms with Gasteiger partial charge in [-0.05, 0) is 59.7 Å². The number of carbonyl (C=O) groups is 2. The van der Waals surface area contributed by atoms with E-state index >= 15 is 0 Å². The number of ether oxygens (including phenoxy) is 2. The van der Waals surface area contributed by atoms with Crippen LogP contribution in [0.2, 0.25) is 10.0 Å². The highest BCUT2D eigenvalue weighted by Gasteiger charge is 2.15. The predicted octanol–water partition coefficient (Wildman–Crippen LogP) is 6.21. The van der Waals surface area contributed by atoms with Gasteiger partial charge in [-0.1, -0.05) is 65.7 Å². The smallest absolute Gasteiger partial charge is 0.329 e. The molecule has 0 saturated heterocycles. The van der Waals surface area contributed by atoms with E-state index in [2.05, 4.69) is 34.0 Å². The monoisotopic (exact) mass is 535 g/mol. The molecule has 0 aliphatic rings. The van der Waals surface area contributed by atoms with Crippen LogP contribution in [0.3, 0.4) is 0 Å². The Balaban J connectivity index is 1.41. The molecule has 0 atom stereocenters. The Hall–Kier alpha value is -4.07. The van der Waals surface area contributed by atoms with E-state index in [-0.39, 0.29) is 5.02 Å². The second kappa shape index (κ2) is 11.8. The molecule has 9 heteroatoms. The SMILES string of the molecule is COc1cc(C(C)=NNC(=O)C(=O)Nc2ccc(Cl)c(Cl)c2)ccc1OCc1cccc2ccccc12. The van der Waals surface area contributed by atoms with Gasteiger partial charge in [0.15, 0.2) is 11.5 Å². The Morgan fingerprint density at radius 2 is 1.65 bits per heavy atom. The summed E-state index contributed by atoms with van der Waals surface area (Å²) in [5.74, 6) is -0.759. The van der Waals surface area contributed by atoms with Crippen molar-refractivity contribution in [3.8, 4) is 11.5 Å². The maximum absolute atomic E-state index is 12.2. The zero-order valence-corrected chi connectivity index (χ0v) is 21.6. The molecule has 2 N–H and O–H groups in total. The fraction of sp³-hybridized carbons (Fsp3) is 0.107. The van der Waals surface area contributed by atoms with Crippen molar-refractivity contribution >= 4 is 57.2 Å². The molecule has 188 valence electrons. The highest BCUT2D eigenvalue weighted by atomic mass is 35.5. The van der Waals surface area contributed by atoms with Gasteiger partial charge in [-0.2, -0.15) is 5.10 Å². The summed E-state index contributed by atoms with van der Waals surface area (Å²) in [6.45, 7) is 2.07. The van der Waals surface area contributed by atoms with Gasteiger partial charge in [0.1, 0.15) is 6.61 Å². The molecule has 0 heterocycles. The van der Waals surface area contributed by atoms with Crippen molar-refractivity contribution in [3.05, 3.63) is 100 Å². The van der Waals surface area contributed by atoms with Crippen LogP contribution in [0.15, 0.2) is 84.0 Å². The zero-order chi connectivity index (χ0) is 26.4. The van der Waals surface area contributed by atoms with Gasteiger partial charge >= 0.3 is 11.8 Å². The van der Waals surface area contributed by atoms with Crippen molar-refractivity contribution in [2.24, 2.45) is 5.10 Å². The molecule has 4 aromatic carbocycles. The number of halogens is 2. The molecular formula is C28H23Cl2N3O4. The number of hydrazone groups is 1. The van der Waals surface area contributed by atoms with Crippen molar-refractivity contribution < 1.29 is 19.1 Å². The number of hydrogen-bond acceptors (Lipinski definition) is 5. The van der Waals surface area contributed by atoms with Crippen molar-refractivity contribution in [2.45, 2.75) is 13.5 Å². The van der Waals surface area contributed by atoms with Crippen molar-refractivity contribution in [3.63, 3.8) is 0 Å². The molecule has 0 bridgehead atoms. The summed E-state index contributed by atoms with van der Waals surface area (Å²) in [6.07, 6.45) is 0. The first-order chi connectivity index (χ1) is 17.9. The summed E-state index contributed by atoms with van der Waals surface area (Å²) >= 11 is 11.8. The quantitative estimate of drug-likeness (QED) is 0.167. The van der Waals surface area contributed by atoms with Crippen LogP contribution in [0, 0.1) is 0 Å². The minimum absolute atomic E-state index is 0.257. The number of amides is 2. The summed E-state index contributed by atoms with van der Waals surface area (Å²) in [7, 11) is 1.55. The molecule has 37 heavy (non-hydrogen) atoms. The first-order valence-corrected chi connectivity index (χ1v) is 12.0. The van der Waals surface area contributed by atoms with Gasteiger partial charge in [0, 0.05) is 11.3 Å². The summed E-state index contributed by atoms with van der Waals surface area (Å²) < 4.78 is 11.6. The molecule has 7 nitrogen and oxygen atoms in total. The Kier molecular flexibility index (Phi) is 8.28. The first-order valence-electron chi connectivity index (χ1n) is 11.2. The number of carbonyl (C=O) groups excluding carboxylic acids is 2. The molecule has 0 unspecified atom stereocenters. The van der Waals surface area contributed by atoms with Crippen LogP contribution in [0.1, 0.15) is 18.1 Å². The molecule has 2 amide bonds. The van der Waals surface area contributed by atoms with Gasteiger partial charge < -0.3 is 14.8 Å². The minimum atomic E-state index is -0.938. The summed E-state index contributed by atoms with van der Waals surface area (Å²) in [4.78, 5) is 24.4. The molecule has 0 radical (unpaired) electrons. The van der Waals surface area contributed by atoms with Gasteiger partial charge in [-0.3, -0.25) is 9.59 Å².